The molecule has 1 heterocycles. The van der Waals surface area contributed by atoms with E-state index in [4.69, 9.17) is 23.2 Å². The molecule has 2 aromatic rings. The van der Waals surface area contributed by atoms with Gasteiger partial charge >= 0.3 is 0 Å². The number of nitrogens with zero attached hydrogens (tertiary/aromatic N) is 1. The van der Waals surface area contributed by atoms with Crippen molar-refractivity contribution in [1.82, 2.24) is 4.90 Å². The number of halogens is 3. The van der Waals surface area contributed by atoms with Crippen LogP contribution in [0.5, 0.6) is 0 Å². The zero-order valence-electron chi connectivity index (χ0n) is 13.8. The summed E-state index contributed by atoms with van der Waals surface area (Å²) >= 11 is 12.2. The molecule has 1 amide bonds. The number of nitrogens with one attached hydrogen (secondary N) is 2. The second-order valence-corrected chi connectivity index (χ2v) is 6.76. The topological polar surface area (TPSA) is 44.4 Å². The number of fused-ring (bicyclic) bond motifs is 1. The Hall–Kier alpha value is -1.46. The number of anilines is 2. The van der Waals surface area contributed by atoms with E-state index in [1.54, 1.807) is 18.2 Å². The van der Waals surface area contributed by atoms with Crippen LogP contribution in [-0.2, 0) is 17.8 Å². The number of benzene rings is 2. The van der Waals surface area contributed by atoms with Crippen LogP contribution in [-0.4, -0.2) is 30.9 Å². The van der Waals surface area contributed by atoms with Gasteiger partial charge in [0.1, 0.15) is 0 Å². The van der Waals surface area contributed by atoms with Crippen LogP contribution >= 0.6 is 35.6 Å². The molecule has 0 unspecified atom stereocenters. The summed E-state index contributed by atoms with van der Waals surface area (Å²) in [4.78, 5) is 14.2. The predicted molar refractivity (Wildman–Crippen MR) is 107 cm³/mol. The summed E-state index contributed by atoms with van der Waals surface area (Å²) in [5, 5.41) is 7.08. The first-order valence-electron chi connectivity index (χ1n) is 7.81. The van der Waals surface area contributed by atoms with Gasteiger partial charge in [0.25, 0.3) is 0 Å². The average Bonchev–Trinajstić information content (AvgIpc) is 3.00. The molecule has 0 bridgehead atoms. The lowest BCUT2D eigenvalue weighted by Gasteiger charge is -2.19. The molecule has 0 atom stereocenters. The molecular weight excluding hydrogens is 381 g/mol. The van der Waals surface area contributed by atoms with E-state index in [-0.39, 0.29) is 24.9 Å². The highest BCUT2D eigenvalue weighted by Crippen LogP contribution is 2.30. The van der Waals surface area contributed by atoms with Crippen LogP contribution in [0, 0.1) is 0 Å². The van der Waals surface area contributed by atoms with Gasteiger partial charge in [0.2, 0.25) is 5.91 Å². The van der Waals surface area contributed by atoms with Gasteiger partial charge in [0.15, 0.2) is 0 Å². The van der Waals surface area contributed by atoms with Crippen LogP contribution in [0.25, 0.3) is 0 Å². The third kappa shape index (κ3) is 4.79. The van der Waals surface area contributed by atoms with E-state index >= 15 is 0 Å². The maximum absolute atomic E-state index is 12.3. The number of para-hydroxylation sites is 2. The average molecular weight is 401 g/mol. The Morgan fingerprint density at radius 1 is 1.20 bits per heavy atom. The van der Waals surface area contributed by atoms with E-state index in [2.05, 4.69) is 28.8 Å². The first-order valence-corrected chi connectivity index (χ1v) is 8.57. The second kappa shape index (κ2) is 8.77. The van der Waals surface area contributed by atoms with Crippen molar-refractivity contribution in [3.05, 3.63) is 57.6 Å². The summed E-state index contributed by atoms with van der Waals surface area (Å²) in [6.07, 6.45) is 1.05. The zero-order valence-corrected chi connectivity index (χ0v) is 16.1. The molecule has 0 aromatic heterocycles. The molecule has 25 heavy (non-hydrogen) atoms. The number of amides is 1. The number of carbonyl (C=O) groups is 1. The van der Waals surface area contributed by atoms with Crippen molar-refractivity contribution in [3.8, 4) is 0 Å². The Balaban J connectivity index is 0.00000225. The molecule has 0 saturated carbocycles. The minimum atomic E-state index is -0.145. The van der Waals surface area contributed by atoms with E-state index in [0.29, 0.717) is 22.3 Å². The molecule has 7 heteroatoms. The van der Waals surface area contributed by atoms with Crippen LogP contribution in [0.2, 0.25) is 10.0 Å². The fourth-order valence-electron chi connectivity index (χ4n) is 2.93. The third-order valence-electron chi connectivity index (χ3n) is 4.01. The van der Waals surface area contributed by atoms with Gasteiger partial charge in [-0.2, -0.15) is 0 Å². The minimum Gasteiger partial charge on any atom is -0.384 e. The fraction of sp³-hybridized carbons (Fsp3) is 0.278. The summed E-state index contributed by atoms with van der Waals surface area (Å²) in [7, 11) is 1.92. The maximum atomic E-state index is 12.3. The molecule has 0 fully saturated rings. The largest absolute Gasteiger partial charge is 0.384 e. The molecule has 0 radical (unpaired) electrons. The smallest absolute Gasteiger partial charge is 0.238 e. The Bertz CT molecular complexity index is 747. The summed E-state index contributed by atoms with van der Waals surface area (Å²) < 4.78 is 0. The number of hydrogen-bond donors (Lipinski definition) is 2. The van der Waals surface area contributed by atoms with Crippen molar-refractivity contribution >= 4 is 52.9 Å². The Morgan fingerprint density at radius 3 is 2.60 bits per heavy atom. The molecule has 1 aliphatic heterocycles. The maximum Gasteiger partial charge on any atom is 0.238 e. The molecular formula is C18H20Cl3N3O. The fourth-order valence-corrected chi connectivity index (χ4v) is 3.42. The first-order chi connectivity index (χ1) is 11.5. The number of likely N-dealkylation sites (N-methyl/N-ethyl adjacent to an activating group) is 1. The van der Waals surface area contributed by atoms with Crippen molar-refractivity contribution < 1.29 is 4.79 Å². The van der Waals surface area contributed by atoms with Crippen LogP contribution < -0.4 is 10.6 Å². The predicted octanol–water partition coefficient (Wildman–Crippen LogP) is 4.45. The van der Waals surface area contributed by atoms with Crippen molar-refractivity contribution in [2.45, 2.75) is 13.0 Å². The Kier molecular flexibility index (Phi) is 6.96. The number of rotatable bonds is 5. The quantitative estimate of drug-likeness (QED) is 0.779. The molecule has 0 aliphatic carbocycles. The van der Waals surface area contributed by atoms with Gasteiger partial charge in [-0.25, -0.2) is 0 Å². The monoisotopic (exact) mass is 399 g/mol. The van der Waals surface area contributed by atoms with Gasteiger partial charge in [-0.1, -0.05) is 47.5 Å². The van der Waals surface area contributed by atoms with Crippen molar-refractivity contribution in [3.63, 3.8) is 0 Å². The van der Waals surface area contributed by atoms with E-state index in [1.807, 2.05) is 11.9 Å². The van der Waals surface area contributed by atoms with Crippen molar-refractivity contribution in [2.75, 3.05) is 30.8 Å². The lowest BCUT2D eigenvalue weighted by Crippen LogP contribution is -2.30. The van der Waals surface area contributed by atoms with E-state index < -0.39 is 0 Å². The summed E-state index contributed by atoms with van der Waals surface area (Å²) in [5.74, 6) is -0.145. The molecule has 4 nitrogen and oxygen atoms in total. The van der Waals surface area contributed by atoms with Crippen LogP contribution in [0.3, 0.4) is 0 Å². The standard InChI is InChI=1S/C18H19Cl2N3O.ClH/c1-23(10-13-5-2-4-12-8-9-21-17(12)13)11-16(24)22-18-14(19)6-3-7-15(18)20;/h2-7,21H,8-11H2,1H3,(H,22,24);1H. The number of hydrogen-bond acceptors (Lipinski definition) is 3. The van der Waals surface area contributed by atoms with Crippen molar-refractivity contribution in [2.24, 2.45) is 0 Å². The molecule has 2 N–H and O–H groups in total. The normalized spacial score (nSPS) is 12.3. The summed E-state index contributed by atoms with van der Waals surface area (Å²) in [6, 6.07) is 11.5. The van der Waals surface area contributed by atoms with Crippen LogP contribution in [0.1, 0.15) is 11.1 Å². The molecule has 3 rings (SSSR count). The van der Waals surface area contributed by atoms with Crippen molar-refractivity contribution in [1.29, 1.82) is 0 Å². The van der Waals surface area contributed by atoms with Gasteiger partial charge in [0, 0.05) is 18.8 Å². The van der Waals surface area contributed by atoms with E-state index in [9.17, 15) is 4.79 Å². The summed E-state index contributed by atoms with van der Waals surface area (Å²) in [6.45, 7) is 1.92. The van der Waals surface area contributed by atoms with Gasteiger partial charge in [-0.15, -0.1) is 12.4 Å². The van der Waals surface area contributed by atoms with Crippen LogP contribution in [0.15, 0.2) is 36.4 Å². The number of carbonyl (C=O) groups excluding carboxylic acids is 1. The lowest BCUT2D eigenvalue weighted by molar-refractivity contribution is -0.117. The highest BCUT2D eigenvalue weighted by Gasteiger charge is 2.16. The van der Waals surface area contributed by atoms with Gasteiger partial charge in [-0.3, -0.25) is 9.69 Å². The Labute approximate surface area is 163 Å². The summed E-state index contributed by atoms with van der Waals surface area (Å²) in [5.41, 5.74) is 4.21. The first kappa shape index (κ1) is 19.9. The molecule has 2 aromatic carbocycles. The zero-order chi connectivity index (χ0) is 17.1. The molecule has 1 aliphatic rings. The minimum absolute atomic E-state index is 0. The van der Waals surface area contributed by atoms with Crippen LogP contribution in [0.4, 0.5) is 11.4 Å². The third-order valence-corrected chi connectivity index (χ3v) is 4.64. The lowest BCUT2D eigenvalue weighted by atomic mass is 10.1. The Morgan fingerprint density at radius 2 is 1.88 bits per heavy atom. The molecule has 134 valence electrons. The van der Waals surface area contributed by atoms with E-state index in [1.165, 1.54) is 16.8 Å². The highest BCUT2D eigenvalue weighted by atomic mass is 35.5. The highest BCUT2D eigenvalue weighted by molar-refractivity contribution is 6.39. The SMILES string of the molecule is CN(CC(=O)Nc1c(Cl)cccc1Cl)Cc1cccc2c1NCC2.Cl. The molecule has 0 spiro atoms. The van der Waals surface area contributed by atoms with Gasteiger partial charge in [0.05, 0.1) is 22.3 Å². The van der Waals surface area contributed by atoms with E-state index in [0.717, 1.165) is 13.0 Å². The second-order valence-electron chi connectivity index (χ2n) is 5.95. The van der Waals surface area contributed by atoms with Gasteiger partial charge in [-0.05, 0) is 36.7 Å². The molecule has 0 saturated heterocycles. The van der Waals surface area contributed by atoms with Gasteiger partial charge < -0.3 is 10.6 Å².